The van der Waals surface area contributed by atoms with Crippen molar-refractivity contribution in [3.63, 3.8) is 0 Å². The summed E-state index contributed by atoms with van der Waals surface area (Å²) in [7, 11) is 3.99. The van der Waals surface area contributed by atoms with E-state index in [9.17, 15) is 14.4 Å². The molecule has 0 aromatic carbocycles. The lowest BCUT2D eigenvalue weighted by molar-refractivity contribution is -0.152. The maximum atomic E-state index is 13.9. The number of nitrogens with one attached hydrogen (secondary N) is 1. The van der Waals surface area contributed by atoms with E-state index in [1.165, 1.54) is 225 Å². The third kappa shape index (κ3) is 50.1. The van der Waals surface area contributed by atoms with Crippen LogP contribution in [-0.4, -0.2) is 62.6 Å². The number of hydrogen-bond donors (Lipinski definition) is 1. The Balaban J connectivity index is 5.53. The summed E-state index contributed by atoms with van der Waals surface area (Å²) in [5.41, 5.74) is -0.384. The minimum absolute atomic E-state index is 0.0510. The Hall–Kier alpha value is -2.15. The normalized spacial score (nSPS) is 13.5. The zero-order valence-corrected chi connectivity index (χ0v) is 52.8. The molecule has 0 fully saturated rings. The van der Waals surface area contributed by atoms with Gasteiger partial charge in [0.25, 0.3) is 0 Å². The maximum absolute atomic E-state index is 13.9. The fraction of sp³-hybridized carbons (Fsp3) is 0.899. The van der Waals surface area contributed by atoms with E-state index in [1.54, 1.807) is 0 Å². The lowest BCUT2D eigenvalue weighted by Crippen LogP contribution is -2.43. The van der Waals surface area contributed by atoms with E-state index < -0.39 is 12.0 Å². The minimum Gasteiger partial charge on any atom is -0.465 e. The van der Waals surface area contributed by atoms with Gasteiger partial charge in [0.05, 0.1) is 13.2 Å². The highest BCUT2D eigenvalue weighted by atomic mass is 16.5. The van der Waals surface area contributed by atoms with Crippen molar-refractivity contribution in [1.82, 2.24) is 10.2 Å². The molecular weight excluding hydrogens is 937 g/mol. The number of rotatable bonds is 57. The lowest BCUT2D eigenvalue weighted by atomic mass is 9.79. The Kier molecular flexibility index (Phi) is 50.8. The topological polar surface area (TPSA) is 84.9 Å². The highest BCUT2D eigenvalue weighted by molar-refractivity contribution is 5.85. The molecule has 7 heteroatoms. The van der Waals surface area contributed by atoms with Crippen LogP contribution in [0.15, 0.2) is 24.3 Å². The van der Waals surface area contributed by atoms with Crippen LogP contribution in [0.5, 0.6) is 0 Å². The number of amides is 1. The first-order valence-corrected chi connectivity index (χ1v) is 33.2. The molecule has 0 saturated heterocycles. The van der Waals surface area contributed by atoms with Gasteiger partial charge >= 0.3 is 11.9 Å². The van der Waals surface area contributed by atoms with E-state index in [2.05, 4.69) is 89.9 Å². The molecule has 0 aliphatic carbocycles. The Morgan fingerprint density at radius 1 is 0.421 bits per heavy atom. The van der Waals surface area contributed by atoms with E-state index in [4.69, 9.17) is 9.47 Å². The number of carbonyl (C=O) groups excluding carboxylic acids is 3. The fourth-order valence-corrected chi connectivity index (χ4v) is 11.1. The lowest BCUT2D eigenvalue weighted by Gasteiger charge is -2.30. The first-order valence-electron chi connectivity index (χ1n) is 33.2. The van der Waals surface area contributed by atoms with Gasteiger partial charge in [0.15, 0.2) is 0 Å². The van der Waals surface area contributed by atoms with Crippen LogP contribution < -0.4 is 5.32 Å². The molecule has 0 aliphatic heterocycles. The van der Waals surface area contributed by atoms with Crippen molar-refractivity contribution in [1.29, 1.82) is 0 Å². The van der Waals surface area contributed by atoms with Gasteiger partial charge in [0, 0.05) is 12.8 Å². The average Bonchev–Trinajstić information content (AvgIpc) is 3.38. The number of unbranched alkanes of at least 4 members (excludes halogenated alkanes) is 28. The average molecular weight is 1070 g/mol. The van der Waals surface area contributed by atoms with Crippen molar-refractivity contribution < 1.29 is 23.9 Å². The number of hydrogen-bond acceptors (Lipinski definition) is 6. The van der Waals surface area contributed by atoms with Crippen LogP contribution in [0, 0.1) is 22.7 Å². The molecule has 1 N–H and O–H groups in total. The summed E-state index contributed by atoms with van der Waals surface area (Å²) >= 11 is 0. The van der Waals surface area contributed by atoms with Gasteiger partial charge in [0.1, 0.15) is 6.04 Å². The van der Waals surface area contributed by atoms with E-state index >= 15 is 0 Å². The van der Waals surface area contributed by atoms with Crippen LogP contribution in [0.4, 0.5) is 0 Å². The molecule has 0 aromatic heterocycles. The molecule has 0 radical (unpaired) electrons. The van der Waals surface area contributed by atoms with Gasteiger partial charge < -0.3 is 19.7 Å². The maximum Gasteiger partial charge on any atom is 0.328 e. The quantitative estimate of drug-likeness (QED) is 0.0371. The molecular formula is C69H132N2O5. The van der Waals surface area contributed by atoms with Crippen molar-refractivity contribution in [3.8, 4) is 0 Å². The largest absolute Gasteiger partial charge is 0.465 e. The number of ether oxygens (including phenoxy) is 2. The van der Waals surface area contributed by atoms with Crippen molar-refractivity contribution in [2.24, 2.45) is 22.7 Å². The Labute approximate surface area is 474 Å². The number of allylic oxidation sites excluding steroid dienone is 4. The molecule has 0 saturated carbocycles. The second-order valence-electron chi connectivity index (χ2n) is 25.7. The van der Waals surface area contributed by atoms with Crippen molar-refractivity contribution in [2.45, 2.75) is 344 Å². The number of nitrogens with zero attached hydrogens (tertiary/aromatic N) is 1. The first kappa shape index (κ1) is 73.8. The number of carbonyl (C=O) groups is 3. The molecule has 0 bridgehead atoms. The van der Waals surface area contributed by atoms with E-state index in [0.29, 0.717) is 31.3 Å². The Bertz CT molecular complexity index is 1370. The Morgan fingerprint density at radius 3 is 1.17 bits per heavy atom. The van der Waals surface area contributed by atoms with E-state index in [-0.39, 0.29) is 42.2 Å². The van der Waals surface area contributed by atoms with Crippen LogP contribution in [-0.2, 0) is 23.9 Å². The number of esters is 2. The predicted molar refractivity (Wildman–Crippen MR) is 331 cm³/mol. The van der Waals surface area contributed by atoms with Gasteiger partial charge in [-0.15, -0.1) is 0 Å². The molecule has 0 rings (SSSR count). The molecule has 0 heterocycles. The van der Waals surface area contributed by atoms with Gasteiger partial charge in [-0.25, -0.2) is 4.79 Å². The third-order valence-electron chi connectivity index (χ3n) is 15.9. The van der Waals surface area contributed by atoms with Crippen LogP contribution in [0.3, 0.4) is 0 Å². The molecule has 3 unspecified atom stereocenters. The fourth-order valence-electron chi connectivity index (χ4n) is 11.1. The first-order chi connectivity index (χ1) is 36.7. The van der Waals surface area contributed by atoms with Crippen LogP contribution in [0.25, 0.3) is 0 Å². The summed E-state index contributed by atoms with van der Waals surface area (Å²) in [6.07, 6.45) is 62.3. The molecule has 7 nitrogen and oxygen atoms in total. The van der Waals surface area contributed by atoms with Crippen molar-refractivity contribution in [2.75, 3.05) is 33.9 Å². The van der Waals surface area contributed by atoms with Crippen LogP contribution in [0.1, 0.15) is 338 Å². The monoisotopic (exact) mass is 1070 g/mol. The van der Waals surface area contributed by atoms with Gasteiger partial charge in [0.2, 0.25) is 5.91 Å². The van der Waals surface area contributed by atoms with Crippen molar-refractivity contribution in [3.05, 3.63) is 24.3 Å². The Morgan fingerprint density at radius 2 is 0.776 bits per heavy atom. The summed E-state index contributed by atoms with van der Waals surface area (Å²) in [4.78, 5) is 42.7. The molecule has 0 aliphatic rings. The minimum atomic E-state index is -0.895. The third-order valence-corrected chi connectivity index (χ3v) is 15.9. The van der Waals surface area contributed by atoms with Gasteiger partial charge in [-0.2, -0.15) is 0 Å². The van der Waals surface area contributed by atoms with E-state index in [1.807, 2.05) is 14.1 Å². The summed E-state index contributed by atoms with van der Waals surface area (Å²) < 4.78 is 12.1. The molecule has 0 spiro atoms. The van der Waals surface area contributed by atoms with Gasteiger partial charge in [-0.1, -0.05) is 272 Å². The smallest absolute Gasteiger partial charge is 0.328 e. The summed E-state index contributed by atoms with van der Waals surface area (Å²) in [5.74, 6) is 0.198. The highest BCUT2D eigenvalue weighted by Gasteiger charge is 2.30. The molecule has 1 amide bonds. The molecule has 0 aromatic rings. The second-order valence-corrected chi connectivity index (χ2v) is 25.7. The summed E-state index contributed by atoms with van der Waals surface area (Å²) in [6.45, 7) is 19.4. The van der Waals surface area contributed by atoms with Gasteiger partial charge in [-0.3, -0.25) is 9.59 Å². The highest BCUT2D eigenvalue weighted by Crippen LogP contribution is 2.34. The summed E-state index contributed by atoms with van der Waals surface area (Å²) in [5, 5.41) is 2.97. The zero-order chi connectivity index (χ0) is 56.2. The van der Waals surface area contributed by atoms with Crippen LogP contribution in [0.2, 0.25) is 0 Å². The predicted octanol–water partition coefficient (Wildman–Crippen LogP) is 20.8. The van der Waals surface area contributed by atoms with E-state index in [0.717, 1.165) is 38.6 Å². The molecule has 448 valence electrons. The standard InChI is InChI=1S/C69H132N2O5/c1-11-15-19-23-27-29-31-33-35-39-43-47-51-62(50-45-41-37-25-21-17-13-3)58-68(5,6)60-75-66(73)56-55-64(70-65(72)54-49-57-71(9)10)67(74)76-61-69(7,8)59-63(52-46-42-38-26-22-18-14-4)53-48-44-40-36-34-32-30-28-24-20-16-12-2/h37-38,41-42,62-64H,11-36,39-40,43-61H2,1-10H3,(H,70,72)/b41-37-,42-38-. The van der Waals surface area contributed by atoms with Crippen molar-refractivity contribution >= 4 is 17.8 Å². The van der Waals surface area contributed by atoms with Gasteiger partial charge in [-0.05, 0) is 120 Å². The summed E-state index contributed by atoms with van der Waals surface area (Å²) in [6, 6.07) is -0.895. The molecule has 76 heavy (non-hydrogen) atoms. The molecule has 3 atom stereocenters. The second kappa shape index (κ2) is 52.2. The SMILES string of the molecule is CCCCC/C=C\CCC(CCCCCCCCCCCCCC)CC(C)(C)COC(=O)CCC(NC(=O)CCCN(C)C)C(=O)OCC(C)(C)CC(CC/C=C\CCCCC)CCCCCCCCCCCCCC. The zero-order valence-electron chi connectivity index (χ0n) is 52.8. The van der Waals surface area contributed by atoms with Crippen LogP contribution >= 0.6 is 0 Å².